The second-order valence-electron chi connectivity index (χ2n) is 15.8. The summed E-state index contributed by atoms with van der Waals surface area (Å²) in [6.45, 7) is 3.56. The third kappa shape index (κ3) is 6.05. The van der Waals surface area contributed by atoms with Gasteiger partial charge in [0.25, 0.3) is 0 Å². The first-order chi connectivity index (χ1) is 30.3. The van der Waals surface area contributed by atoms with Crippen molar-refractivity contribution in [2.45, 2.75) is 44.7 Å². The Kier molecular flexibility index (Phi) is 8.84. The molecule has 0 unspecified atom stereocenters. The first-order valence-electron chi connectivity index (χ1n) is 20.0. The maximum atomic E-state index is 16.2. The molecule has 10 aromatic rings. The Labute approximate surface area is 363 Å². The zero-order valence-electron chi connectivity index (χ0n) is 33.4. The monoisotopic (exact) mass is 882 g/mol. The Morgan fingerprint density at radius 1 is 0.476 bits per heavy atom. The van der Waals surface area contributed by atoms with E-state index in [0.717, 1.165) is 76.9 Å². The van der Waals surface area contributed by atoms with E-state index in [9.17, 15) is 0 Å². The molecular formula is C49H32F6N6S2. The molecule has 1 aliphatic carbocycles. The number of allylic oxidation sites excluding steroid dienone is 2. The van der Waals surface area contributed by atoms with Crippen LogP contribution in [0.5, 0.6) is 0 Å². The highest BCUT2D eigenvalue weighted by molar-refractivity contribution is 7.16. The van der Waals surface area contributed by atoms with Crippen LogP contribution in [0, 0.1) is 13.8 Å². The van der Waals surface area contributed by atoms with Crippen molar-refractivity contribution in [3.05, 3.63) is 166 Å². The fourth-order valence-electron chi connectivity index (χ4n) is 9.00. The molecular weight excluding hydrogens is 851 g/mol. The van der Waals surface area contributed by atoms with E-state index < -0.39 is 40.0 Å². The van der Waals surface area contributed by atoms with Gasteiger partial charge >= 0.3 is 17.8 Å². The number of halogens is 6. The van der Waals surface area contributed by atoms with Crippen LogP contribution >= 0.6 is 22.7 Å². The van der Waals surface area contributed by atoms with Crippen LogP contribution in [0.25, 0.3) is 75.4 Å². The number of benzene rings is 6. The summed E-state index contributed by atoms with van der Waals surface area (Å²) in [5.41, 5.74) is -1.05. The Morgan fingerprint density at radius 2 is 0.810 bits per heavy atom. The number of thiophene rings is 2. The van der Waals surface area contributed by atoms with Crippen molar-refractivity contribution in [1.82, 2.24) is 30.0 Å². The normalized spacial score (nSPS) is 15.7. The fourth-order valence-corrected chi connectivity index (χ4v) is 11.0. The zero-order valence-corrected chi connectivity index (χ0v) is 35.0. The lowest BCUT2D eigenvalue weighted by Gasteiger charge is -2.25. The summed E-state index contributed by atoms with van der Waals surface area (Å²) in [4.78, 5) is 0.932. The summed E-state index contributed by atoms with van der Waals surface area (Å²) in [7, 11) is 0. The van der Waals surface area contributed by atoms with Gasteiger partial charge in [-0.05, 0) is 103 Å². The smallest absolute Gasteiger partial charge is 0.247 e. The van der Waals surface area contributed by atoms with Crippen molar-refractivity contribution in [3.63, 3.8) is 0 Å². The van der Waals surface area contributed by atoms with Gasteiger partial charge in [0.05, 0.1) is 35.2 Å². The predicted octanol–water partition coefficient (Wildman–Crippen LogP) is 13.5. The first-order valence-corrected chi connectivity index (χ1v) is 21.6. The van der Waals surface area contributed by atoms with Crippen LogP contribution in [-0.4, -0.2) is 47.8 Å². The van der Waals surface area contributed by atoms with Crippen molar-refractivity contribution in [1.29, 1.82) is 0 Å². The summed E-state index contributed by atoms with van der Waals surface area (Å²) in [6, 6.07) is 38.6. The molecule has 312 valence electrons. The van der Waals surface area contributed by atoms with E-state index in [1.165, 1.54) is 26.0 Å². The molecule has 6 aromatic carbocycles. The molecule has 0 atom stereocenters. The Balaban J connectivity index is 0.961. The highest BCUT2D eigenvalue weighted by Crippen LogP contribution is 2.66. The number of hydrogen-bond donors (Lipinski definition) is 0. The quantitative estimate of drug-likeness (QED) is 0.113. The molecule has 0 spiro atoms. The molecule has 1 aliphatic rings. The number of alkyl halides is 6. The van der Waals surface area contributed by atoms with Crippen molar-refractivity contribution >= 4 is 76.9 Å². The summed E-state index contributed by atoms with van der Waals surface area (Å²) in [5.74, 6) is -16.2. The van der Waals surface area contributed by atoms with Crippen LogP contribution in [0.15, 0.2) is 134 Å². The standard InChI is InChI=1S/C49H32F6N6S2/c1-27-37(21-43(62-27)41-25-60(58-56-41)23-39-33-15-7-3-11-29(33)19-30-12-4-8-16-34(30)39)45-46(48(52,53)49(54,55)47(45,50)51)38-22-44(63-28(38)2)42-26-61(59-57-42)24-40-35-17-9-5-13-31(35)20-32-14-6-10-18-36(32)40/h3-22,25-26H,23-24H2,1-2H3. The summed E-state index contributed by atoms with van der Waals surface area (Å²) >= 11 is 1.99. The minimum Gasteiger partial charge on any atom is -0.247 e. The summed E-state index contributed by atoms with van der Waals surface area (Å²) in [5, 5.41) is 25.6. The number of hydrogen-bond acceptors (Lipinski definition) is 6. The first kappa shape index (κ1) is 39.2. The van der Waals surface area contributed by atoms with Gasteiger partial charge in [0.15, 0.2) is 0 Å². The van der Waals surface area contributed by atoms with Gasteiger partial charge in [0.2, 0.25) is 0 Å². The molecule has 0 saturated carbocycles. The average Bonchev–Trinajstić information content (AvgIpc) is 4.11. The van der Waals surface area contributed by atoms with E-state index in [2.05, 4.69) is 32.8 Å². The van der Waals surface area contributed by atoms with Crippen molar-refractivity contribution in [3.8, 4) is 21.1 Å². The van der Waals surface area contributed by atoms with Crippen molar-refractivity contribution < 1.29 is 26.3 Å². The van der Waals surface area contributed by atoms with E-state index in [1.807, 2.05) is 97.1 Å². The molecule has 0 bridgehead atoms. The van der Waals surface area contributed by atoms with Gasteiger partial charge < -0.3 is 0 Å². The topological polar surface area (TPSA) is 61.4 Å². The fraction of sp³-hybridized carbons (Fsp3) is 0.143. The van der Waals surface area contributed by atoms with Crippen LogP contribution in [0.2, 0.25) is 0 Å². The van der Waals surface area contributed by atoms with Crippen LogP contribution in [0.4, 0.5) is 26.3 Å². The van der Waals surface area contributed by atoms with E-state index in [4.69, 9.17) is 0 Å². The second kappa shape index (κ2) is 14.2. The lowest BCUT2D eigenvalue weighted by Crippen LogP contribution is -2.48. The van der Waals surface area contributed by atoms with Gasteiger partial charge in [-0.15, -0.1) is 32.9 Å². The highest BCUT2D eigenvalue weighted by atomic mass is 32.1. The van der Waals surface area contributed by atoms with Gasteiger partial charge in [-0.2, -0.15) is 26.3 Å². The third-order valence-electron chi connectivity index (χ3n) is 12.0. The molecule has 0 radical (unpaired) electrons. The predicted molar refractivity (Wildman–Crippen MR) is 239 cm³/mol. The van der Waals surface area contributed by atoms with Gasteiger partial charge in [-0.3, -0.25) is 0 Å². The number of rotatable bonds is 8. The zero-order chi connectivity index (χ0) is 43.4. The molecule has 6 nitrogen and oxygen atoms in total. The number of fused-ring (bicyclic) bond motifs is 4. The molecule has 0 aliphatic heterocycles. The van der Waals surface area contributed by atoms with Gasteiger partial charge in [-0.1, -0.05) is 107 Å². The highest BCUT2D eigenvalue weighted by Gasteiger charge is 2.80. The maximum absolute atomic E-state index is 16.2. The largest absolute Gasteiger partial charge is 0.380 e. The molecule has 4 aromatic heterocycles. The number of nitrogens with zero attached hydrogens (tertiary/aromatic N) is 6. The van der Waals surface area contributed by atoms with Gasteiger partial charge in [0, 0.05) is 20.9 Å². The van der Waals surface area contributed by atoms with E-state index in [0.29, 0.717) is 22.8 Å². The molecule has 63 heavy (non-hydrogen) atoms. The summed E-state index contributed by atoms with van der Waals surface area (Å²) in [6.07, 6.45) is 3.28. The molecule has 11 rings (SSSR count). The number of aryl methyl sites for hydroxylation is 2. The van der Waals surface area contributed by atoms with Gasteiger partial charge in [0.1, 0.15) is 11.4 Å². The Morgan fingerprint density at radius 3 is 1.16 bits per heavy atom. The molecule has 4 heterocycles. The Bertz CT molecular complexity index is 3170. The lowest BCUT2D eigenvalue weighted by molar-refractivity contribution is -0.254. The molecule has 0 N–H and O–H groups in total. The molecule has 14 heteroatoms. The number of aromatic nitrogens is 6. The van der Waals surface area contributed by atoms with Crippen molar-refractivity contribution in [2.24, 2.45) is 0 Å². The maximum Gasteiger partial charge on any atom is 0.380 e. The molecule has 0 saturated heterocycles. The molecule has 0 fully saturated rings. The van der Waals surface area contributed by atoms with E-state index in [1.54, 1.807) is 21.8 Å². The molecule has 0 amide bonds. The summed E-state index contributed by atoms with van der Waals surface area (Å²) < 4.78 is 99.0. The second-order valence-corrected chi connectivity index (χ2v) is 18.3. The van der Waals surface area contributed by atoms with Crippen LogP contribution in [0.1, 0.15) is 32.0 Å². The van der Waals surface area contributed by atoms with Crippen LogP contribution < -0.4 is 0 Å². The van der Waals surface area contributed by atoms with Gasteiger partial charge in [-0.25, -0.2) is 9.36 Å². The third-order valence-corrected chi connectivity index (χ3v) is 14.2. The minimum atomic E-state index is -5.72. The minimum absolute atomic E-state index is 0.150. The SMILES string of the molecule is Cc1sc(-c2cn(Cc3c4ccccc4cc4ccccc34)nn2)cc1C1=C(c2cc(-c3cn(Cc4c5ccccc5cc5ccccc45)nn3)sc2C)C(F)(F)C(F)(F)C1(F)F. The van der Waals surface area contributed by atoms with Crippen molar-refractivity contribution in [2.75, 3.05) is 0 Å². The average molecular weight is 883 g/mol. The van der Waals surface area contributed by atoms with Crippen LogP contribution in [0.3, 0.4) is 0 Å². The van der Waals surface area contributed by atoms with E-state index >= 15 is 26.3 Å². The van der Waals surface area contributed by atoms with Crippen LogP contribution in [-0.2, 0) is 13.1 Å². The lowest BCUT2D eigenvalue weighted by atomic mass is 9.95. The Hall–Kier alpha value is -6.64. The van der Waals surface area contributed by atoms with E-state index in [-0.39, 0.29) is 21.1 Å².